The molecule has 1 N–H and O–H groups in total. The molecule has 1 fully saturated rings. The van der Waals surface area contributed by atoms with Crippen molar-refractivity contribution in [2.24, 2.45) is 0 Å². The Morgan fingerprint density at radius 1 is 1.20 bits per heavy atom. The average Bonchev–Trinajstić information content (AvgIpc) is 2.60. The molecule has 0 aliphatic heterocycles. The van der Waals surface area contributed by atoms with Gasteiger partial charge >= 0.3 is 6.18 Å². The zero-order valence-electron chi connectivity index (χ0n) is 14.0. The molecule has 1 saturated carbocycles. The Morgan fingerprint density at radius 3 is 2.52 bits per heavy atom. The van der Waals surface area contributed by atoms with Crippen LogP contribution < -0.4 is 5.32 Å². The maximum Gasteiger partial charge on any atom is 0.403 e. The van der Waals surface area contributed by atoms with Gasteiger partial charge in [0.05, 0.1) is 11.2 Å². The molecule has 25 heavy (non-hydrogen) atoms. The summed E-state index contributed by atoms with van der Waals surface area (Å²) >= 11 is 0. The predicted molar refractivity (Wildman–Crippen MR) is 90.8 cm³/mol. The Balaban J connectivity index is 1.72. The van der Waals surface area contributed by atoms with E-state index in [-0.39, 0.29) is 12.0 Å². The summed E-state index contributed by atoms with van der Waals surface area (Å²) in [5, 5.41) is 3.59. The number of nitrogens with one attached hydrogen (secondary N) is 1. The number of benzene rings is 1. The van der Waals surface area contributed by atoms with Gasteiger partial charge in [0.15, 0.2) is 6.29 Å². The summed E-state index contributed by atoms with van der Waals surface area (Å²) < 4.78 is 38.0. The zero-order valence-corrected chi connectivity index (χ0v) is 14.0. The molecule has 1 aromatic carbocycles. The number of pyridine rings is 1. The van der Waals surface area contributed by atoms with Crippen molar-refractivity contribution in [2.75, 3.05) is 0 Å². The van der Waals surface area contributed by atoms with Gasteiger partial charge < -0.3 is 5.32 Å². The highest BCUT2D eigenvalue weighted by atomic mass is 19.4. The highest BCUT2D eigenvalue weighted by Crippen LogP contribution is 2.35. The van der Waals surface area contributed by atoms with Crippen LogP contribution in [0.4, 0.5) is 13.2 Å². The minimum atomic E-state index is -4.22. The fraction of sp³-hybridized carbons (Fsp3) is 0.474. The number of carbonyl (C=O) groups excluding carboxylic acids is 1. The topological polar surface area (TPSA) is 42.0 Å². The quantitative estimate of drug-likeness (QED) is 0.819. The van der Waals surface area contributed by atoms with E-state index in [1.165, 1.54) is 0 Å². The molecule has 1 aromatic heterocycles. The Kier molecular flexibility index (Phi) is 5.08. The molecule has 0 saturated heterocycles. The number of halogens is 3. The smallest absolute Gasteiger partial charge is 0.304 e. The SMILES string of the molecule is CC(NC1CCC(c2nc3ccccc3cc2C=O)CC1)C(F)(F)F. The third-order valence-corrected chi connectivity index (χ3v) is 5.00. The number of hydrogen-bond acceptors (Lipinski definition) is 3. The number of rotatable bonds is 4. The number of nitrogens with zero attached hydrogens (tertiary/aromatic N) is 1. The first-order valence-electron chi connectivity index (χ1n) is 8.56. The van der Waals surface area contributed by atoms with Gasteiger partial charge in [-0.3, -0.25) is 9.78 Å². The van der Waals surface area contributed by atoms with Crippen molar-refractivity contribution in [2.45, 2.75) is 56.8 Å². The lowest BCUT2D eigenvalue weighted by Crippen LogP contribution is -2.46. The van der Waals surface area contributed by atoms with Crippen molar-refractivity contribution < 1.29 is 18.0 Å². The first-order chi connectivity index (χ1) is 11.9. The Morgan fingerprint density at radius 2 is 1.88 bits per heavy atom. The largest absolute Gasteiger partial charge is 0.403 e. The number of carbonyl (C=O) groups is 1. The van der Waals surface area contributed by atoms with Crippen molar-refractivity contribution >= 4 is 17.2 Å². The molecule has 1 aliphatic rings. The molecular formula is C19H21F3N2O. The Bertz CT molecular complexity index is 752. The van der Waals surface area contributed by atoms with E-state index in [1.54, 1.807) is 0 Å². The number of fused-ring (bicyclic) bond motifs is 1. The van der Waals surface area contributed by atoms with Gasteiger partial charge in [-0.15, -0.1) is 0 Å². The summed E-state index contributed by atoms with van der Waals surface area (Å²) in [7, 11) is 0. The first-order valence-corrected chi connectivity index (χ1v) is 8.56. The molecule has 2 aromatic rings. The van der Waals surface area contributed by atoms with Gasteiger partial charge in [0.2, 0.25) is 0 Å². The predicted octanol–water partition coefficient (Wildman–Crippen LogP) is 4.61. The molecule has 0 radical (unpaired) electrons. The van der Waals surface area contributed by atoms with E-state index in [1.807, 2.05) is 30.3 Å². The van der Waals surface area contributed by atoms with Crippen molar-refractivity contribution in [3.63, 3.8) is 0 Å². The molecule has 134 valence electrons. The third kappa shape index (κ3) is 4.00. The molecule has 1 heterocycles. The van der Waals surface area contributed by atoms with E-state index in [0.29, 0.717) is 18.4 Å². The fourth-order valence-corrected chi connectivity index (χ4v) is 3.55. The second kappa shape index (κ2) is 7.12. The lowest BCUT2D eigenvalue weighted by atomic mass is 9.82. The van der Waals surface area contributed by atoms with Gasteiger partial charge in [-0.1, -0.05) is 18.2 Å². The van der Waals surface area contributed by atoms with Crippen LogP contribution >= 0.6 is 0 Å². The zero-order chi connectivity index (χ0) is 18.0. The van der Waals surface area contributed by atoms with Crippen LogP contribution in [0.2, 0.25) is 0 Å². The summed E-state index contributed by atoms with van der Waals surface area (Å²) in [6, 6.07) is 7.83. The molecule has 0 bridgehead atoms. The van der Waals surface area contributed by atoms with E-state index in [4.69, 9.17) is 0 Å². The Hall–Kier alpha value is -1.95. The summed E-state index contributed by atoms with van der Waals surface area (Å²) in [5.74, 6) is 0.115. The summed E-state index contributed by atoms with van der Waals surface area (Å²) in [4.78, 5) is 16.1. The van der Waals surface area contributed by atoms with Crippen molar-refractivity contribution in [3.8, 4) is 0 Å². The van der Waals surface area contributed by atoms with E-state index < -0.39 is 12.2 Å². The van der Waals surface area contributed by atoms with Crippen LogP contribution in [0.25, 0.3) is 10.9 Å². The van der Waals surface area contributed by atoms with Crippen LogP contribution in [0.1, 0.15) is 54.6 Å². The molecular weight excluding hydrogens is 329 g/mol. The van der Waals surface area contributed by atoms with Crippen LogP contribution in [-0.2, 0) is 0 Å². The van der Waals surface area contributed by atoms with Gasteiger partial charge in [-0.05, 0) is 44.7 Å². The molecule has 3 nitrogen and oxygen atoms in total. The highest BCUT2D eigenvalue weighted by Gasteiger charge is 2.37. The van der Waals surface area contributed by atoms with Gasteiger partial charge in [0.1, 0.15) is 6.04 Å². The van der Waals surface area contributed by atoms with E-state index in [0.717, 1.165) is 42.6 Å². The van der Waals surface area contributed by atoms with E-state index >= 15 is 0 Å². The van der Waals surface area contributed by atoms with Gasteiger partial charge in [0, 0.05) is 22.9 Å². The number of aldehydes is 1. The standard InChI is InChI=1S/C19H21F3N2O/c1-12(19(20,21)22)23-16-8-6-13(7-9-16)18-15(11-25)10-14-4-2-3-5-17(14)24-18/h2-5,10-13,16,23H,6-9H2,1H3. The van der Waals surface area contributed by atoms with Crippen molar-refractivity contribution in [1.29, 1.82) is 0 Å². The maximum absolute atomic E-state index is 12.7. The fourth-order valence-electron chi connectivity index (χ4n) is 3.55. The number of alkyl halides is 3. The molecule has 1 aliphatic carbocycles. The lowest BCUT2D eigenvalue weighted by molar-refractivity contribution is -0.153. The molecule has 0 amide bonds. The first kappa shape index (κ1) is 17.9. The summed E-state index contributed by atoms with van der Waals surface area (Å²) in [6.07, 6.45) is -0.634. The third-order valence-electron chi connectivity index (χ3n) is 5.00. The van der Waals surface area contributed by atoms with Gasteiger partial charge in [0.25, 0.3) is 0 Å². The van der Waals surface area contributed by atoms with Crippen LogP contribution in [0, 0.1) is 0 Å². The van der Waals surface area contributed by atoms with Crippen molar-refractivity contribution in [3.05, 3.63) is 41.6 Å². The van der Waals surface area contributed by atoms with Crippen LogP contribution in [0.3, 0.4) is 0 Å². The summed E-state index contributed by atoms with van der Waals surface area (Å²) in [5.41, 5.74) is 2.20. The van der Waals surface area contributed by atoms with Gasteiger partial charge in [-0.2, -0.15) is 13.2 Å². The molecule has 1 unspecified atom stereocenters. The van der Waals surface area contributed by atoms with Gasteiger partial charge in [-0.25, -0.2) is 0 Å². The monoisotopic (exact) mass is 350 g/mol. The van der Waals surface area contributed by atoms with Crippen LogP contribution in [-0.4, -0.2) is 29.5 Å². The van der Waals surface area contributed by atoms with Crippen LogP contribution in [0.15, 0.2) is 30.3 Å². The molecule has 3 rings (SSSR count). The molecule has 6 heteroatoms. The number of para-hydroxylation sites is 1. The maximum atomic E-state index is 12.7. The second-order valence-corrected chi connectivity index (χ2v) is 6.75. The number of hydrogen-bond donors (Lipinski definition) is 1. The van der Waals surface area contributed by atoms with Crippen LogP contribution in [0.5, 0.6) is 0 Å². The average molecular weight is 350 g/mol. The Labute approximate surface area is 144 Å². The number of aromatic nitrogens is 1. The molecule has 1 atom stereocenters. The minimum absolute atomic E-state index is 0.115. The van der Waals surface area contributed by atoms with E-state index in [9.17, 15) is 18.0 Å². The minimum Gasteiger partial charge on any atom is -0.304 e. The van der Waals surface area contributed by atoms with E-state index in [2.05, 4.69) is 10.3 Å². The molecule has 0 spiro atoms. The lowest BCUT2D eigenvalue weighted by Gasteiger charge is -2.32. The van der Waals surface area contributed by atoms with Crippen molar-refractivity contribution in [1.82, 2.24) is 10.3 Å². The highest BCUT2D eigenvalue weighted by molar-refractivity contribution is 5.87. The second-order valence-electron chi connectivity index (χ2n) is 6.75. The normalized spacial score (nSPS) is 22.7. The summed E-state index contributed by atoms with van der Waals surface area (Å²) in [6.45, 7) is 1.15.